The Bertz CT molecular complexity index is 1140. The molecule has 0 radical (unpaired) electrons. The summed E-state index contributed by atoms with van der Waals surface area (Å²) in [6.07, 6.45) is 0.405. The lowest BCUT2D eigenvalue weighted by Crippen LogP contribution is -2.09. The van der Waals surface area contributed by atoms with E-state index in [4.69, 9.17) is 16.3 Å². The van der Waals surface area contributed by atoms with Crippen LogP contribution in [-0.2, 0) is 4.79 Å². The number of amides is 1. The first-order chi connectivity index (χ1) is 13.6. The molecule has 140 valence electrons. The molecule has 0 aliphatic heterocycles. The van der Waals surface area contributed by atoms with E-state index in [0.29, 0.717) is 29.4 Å². The predicted molar refractivity (Wildman–Crippen MR) is 107 cm³/mol. The Balaban J connectivity index is 1.74. The Morgan fingerprint density at radius 1 is 1.11 bits per heavy atom. The maximum Gasteiger partial charge on any atom is 0.246 e. The van der Waals surface area contributed by atoms with Gasteiger partial charge in [0.25, 0.3) is 0 Å². The van der Waals surface area contributed by atoms with Crippen molar-refractivity contribution in [3.8, 4) is 22.8 Å². The summed E-state index contributed by atoms with van der Waals surface area (Å²) >= 11 is 5.99. The van der Waals surface area contributed by atoms with E-state index in [2.05, 4.69) is 20.6 Å². The third-order valence-electron chi connectivity index (χ3n) is 4.08. The van der Waals surface area contributed by atoms with E-state index in [-0.39, 0.29) is 11.2 Å². The minimum absolute atomic E-state index is 0.0537. The monoisotopic (exact) mass is 393 g/mol. The van der Waals surface area contributed by atoms with Crippen molar-refractivity contribution in [2.24, 2.45) is 0 Å². The van der Waals surface area contributed by atoms with E-state index in [1.807, 2.05) is 43.3 Å². The van der Waals surface area contributed by atoms with E-state index >= 15 is 0 Å². The van der Waals surface area contributed by atoms with Gasteiger partial charge in [0, 0.05) is 23.7 Å². The van der Waals surface area contributed by atoms with Crippen LogP contribution in [0.2, 0.25) is 5.28 Å². The van der Waals surface area contributed by atoms with Crippen LogP contribution in [0.25, 0.3) is 16.8 Å². The van der Waals surface area contributed by atoms with Crippen molar-refractivity contribution < 1.29 is 9.53 Å². The molecule has 2 aromatic heterocycles. The quantitative estimate of drug-likeness (QED) is 0.536. The smallest absolute Gasteiger partial charge is 0.246 e. The third kappa shape index (κ3) is 3.65. The molecule has 7 nitrogen and oxygen atoms in total. The maximum atomic E-state index is 11.8. The highest BCUT2D eigenvalue weighted by molar-refractivity contribution is 6.28. The van der Waals surface area contributed by atoms with Crippen LogP contribution in [0.1, 0.15) is 13.3 Å². The average molecular weight is 394 g/mol. The highest BCUT2D eigenvalue weighted by Gasteiger charge is 2.12. The second-order valence-corrected chi connectivity index (χ2v) is 6.33. The van der Waals surface area contributed by atoms with Crippen LogP contribution >= 0.6 is 11.6 Å². The summed E-state index contributed by atoms with van der Waals surface area (Å²) < 4.78 is 7.42. The van der Waals surface area contributed by atoms with Crippen molar-refractivity contribution in [1.29, 1.82) is 0 Å². The van der Waals surface area contributed by atoms with E-state index in [9.17, 15) is 4.79 Å². The number of benzene rings is 2. The molecule has 0 unspecified atom stereocenters. The second kappa shape index (κ2) is 7.66. The lowest BCUT2D eigenvalue weighted by atomic mass is 10.0. The van der Waals surface area contributed by atoms with Gasteiger partial charge in [0.1, 0.15) is 5.75 Å². The van der Waals surface area contributed by atoms with Crippen LogP contribution in [0.5, 0.6) is 11.6 Å². The molecule has 4 rings (SSSR count). The number of halogens is 1. The van der Waals surface area contributed by atoms with Gasteiger partial charge < -0.3 is 10.1 Å². The summed E-state index contributed by atoms with van der Waals surface area (Å²) in [5, 5.41) is 15.0. The Morgan fingerprint density at radius 3 is 2.71 bits per heavy atom. The van der Waals surface area contributed by atoms with E-state index in [1.54, 1.807) is 24.3 Å². The summed E-state index contributed by atoms with van der Waals surface area (Å²) in [4.78, 5) is 11.8. The third-order valence-corrected chi connectivity index (χ3v) is 4.32. The summed E-state index contributed by atoms with van der Waals surface area (Å²) in [6.45, 7) is 1.81. The molecule has 0 spiro atoms. The molecule has 0 fully saturated rings. The average Bonchev–Trinajstić information content (AvgIpc) is 3.10. The first-order valence-electron chi connectivity index (χ1n) is 8.69. The fraction of sp³-hybridized carbons (Fsp3) is 0.100. The van der Waals surface area contributed by atoms with Gasteiger partial charge in [-0.2, -0.15) is 4.52 Å². The van der Waals surface area contributed by atoms with E-state index in [0.717, 1.165) is 11.1 Å². The van der Waals surface area contributed by atoms with Crippen LogP contribution in [-0.4, -0.2) is 25.7 Å². The van der Waals surface area contributed by atoms with Crippen molar-refractivity contribution in [1.82, 2.24) is 19.8 Å². The SMILES string of the molecule is CCC(=O)Nc1ccc(Oc2ccc3nnc(Cl)n3n2)c(-c2ccccc2)c1. The van der Waals surface area contributed by atoms with Crippen LogP contribution < -0.4 is 10.1 Å². The first-order valence-corrected chi connectivity index (χ1v) is 9.07. The largest absolute Gasteiger partial charge is 0.437 e. The van der Waals surface area contributed by atoms with Gasteiger partial charge in [-0.1, -0.05) is 37.3 Å². The number of nitrogens with one attached hydrogen (secondary N) is 1. The van der Waals surface area contributed by atoms with Crippen LogP contribution in [0.15, 0.2) is 60.7 Å². The summed E-state index contributed by atoms with van der Waals surface area (Å²) in [5.41, 5.74) is 3.00. The summed E-state index contributed by atoms with van der Waals surface area (Å²) in [7, 11) is 0. The molecule has 4 aromatic rings. The van der Waals surface area contributed by atoms with E-state index < -0.39 is 0 Å². The molecule has 0 aliphatic rings. The summed E-state index contributed by atoms with van der Waals surface area (Å²) in [6, 6.07) is 18.7. The Kier molecular flexibility index (Phi) is 4.90. The van der Waals surface area contributed by atoms with Gasteiger partial charge in [0.15, 0.2) is 5.65 Å². The van der Waals surface area contributed by atoms with Gasteiger partial charge in [0.2, 0.25) is 17.1 Å². The van der Waals surface area contributed by atoms with Gasteiger partial charge in [-0.05, 0) is 41.4 Å². The minimum atomic E-state index is -0.0537. The molecule has 2 aromatic carbocycles. The number of carbonyl (C=O) groups excluding carboxylic acids is 1. The van der Waals surface area contributed by atoms with Crippen LogP contribution in [0, 0.1) is 0 Å². The van der Waals surface area contributed by atoms with Gasteiger partial charge in [-0.25, -0.2) is 0 Å². The number of ether oxygens (including phenoxy) is 1. The zero-order valence-electron chi connectivity index (χ0n) is 15.0. The van der Waals surface area contributed by atoms with Crippen molar-refractivity contribution >= 4 is 28.8 Å². The highest BCUT2D eigenvalue weighted by atomic mass is 35.5. The fourth-order valence-corrected chi connectivity index (χ4v) is 2.86. The Hall–Kier alpha value is -3.45. The lowest BCUT2D eigenvalue weighted by molar-refractivity contribution is -0.115. The van der Waals surface area contributed by atoms with Crippen LogP contribution in [0.4, 0.5) is 5.69 Å². The lowest BCUT2D eigenvalue weighted by Gasteiger charge is -2.13. The standard InChI is InChI=1S/C20H16ClN5O2/c1-2-18(27)22-14-8-9-16(15(12-14)13-6-4-3-5-7-13)28-19-11-10-17-23-24-20(21)26(17)25-19/h3-12H,2H2,1H3,(H,22,27). The second-order valence-electron chi connectivity index (χ2n) is 5.99. The molecule has 0 aliphatic carbocycles. The highest BCUT2D eigenvalue weighted by Crippen LogP contribution is 2.35. The first kappa shape index (κ1) is 17.9. The molecule has 0 saturated heterocycles. The van der Waals surface area contributed by atoms with Crippen LogP contribution in [0.3, 0.4) is 0 Å². The van der Waals surface area contributed by atoms with Gasteiger partial charge in [-0.3, -0.25) is 4.79 Å². The number of aromatic nitrogens is 4. The van der Waals surface area contributed by atoms with Gasteiger partial charge >= 0.3 is 0 Å². The van der Waals surface area contributed by atoms with Crippen molar-refractivity contribution in [2.45, 2.75) is 13.3 Å². The maximum absolute atomic E-state index is 11.8. The molecule has 0 bridgehead atoms. The topological polar surface area (TPSA) is 81.4 Å². The molecule has 2 heterocycles. The number of rotatable bonds is 5. The van der Waals surface area contributed by atoms with Crippen molar-refractivity contribution in [2.75, 3.05) is 5.32 Å². The summed E-state index contributed by atoms with van der Waals surface area (Å²) in [5.74, 6) is 0.885. The molecule has 0 saturated carbocycles. The number of nitrogens with zero attached hydrogens (tertiary/aromatic N) is 4. The van der Waals surface area contributed by atoms with E-state index in [1.165, 1.54) is 4.52 Å². The van der Waals surface area contributed by atoms with Gasteiger partial charge in [-0.15, -0.1) is 15.3 Å². The molecule has 28 heavy (non-hydrogen) atoms. The number of hydrogen-bond acceptors (Lipinski definition) is 5. The molecular formula is C20H16ClN5O2. The van der Waals surface area contributed by atoms with Crippen molar-refractivity contribution in [3.63, 3.8) is 0 Å². The number of anilines is 1. The predicted octanol–water partition coefficient (Wildman–Crippen LogP) is 4.59. The number of hydrogen-bond donors (Lipinski definition) is 1. The molecule has 0 atom stereocenters. The fourth-order valence-electron chi connectivity index (χ4n) is 2.70. The number of fused-ring (bicyclic) bond motifs is 1. The molecular weight excluding hydrogens is 378 g/mol. The molecule has 1 amide bonds. The van der Waals surface area contributed by atoms with Crippen molar-refractivity contribution in [3.05, 3.63) is 65.9 Å². The zero-order chi connectivity index (χ0) is 19.5. The van der Waals surface area contributed by atoms with Gasteiger partial charge in [0.05, 0.1) is 0 Å². The minimum Gasteiger partial charge on any atom is -0.437 e. The number of carbonyl (C=O) groups is 1. The zero-order valence-corrected chi connectivity index (χ0v) is 15.7. The Labute approximate surface area is 165 Å². The Morgan fingerprint density at radius 2 is 1.93 bits per heavy atom. The molecule has 8 heteroatoms. The normalized spacial score (nSPS) is 10.8. The molecule has 1 N–H and O–H groups in total.